The van der Waals surface area contributed by atoms with Gasteiger partial charge < -0.3 is 5.11 Å². The molecule has 1 aliphatic heterocycles. The second-order valence-corrected chi connectivity index (χ2v) is 5.67. The first-order valence-electron chi connectivity index (χ1n) is 4.85. The van der Waals surface area contributed by atoms with Crippen LogP contribution >= 0.6 is 23.4 Å². The Kier molecular flexibility index (Phi) is 3.24. The number of benzene rings is 1. The van der Waals surface area contributed by atoms with Crippen LogP contribution in [0.4, 0.5) is 4.39 Å². The van der Waals surface area contributed by atoms with E-state index in [1.54, 1.807) is 17.8 Å². The lowest BCUT2D eigenvalue weighted by Gasteiger charge is -2.13. The van der Waals surface area contributed by atoms with Gasteiger partial charge in [0.15, 0.2) is 0 Å². The maximum Gasteiger partial charge on any atom is 0.142 e. The number of hydrogen-bond acceptors (Lipinski definition) is 2. The monoisotopic (exact) mass is 246 g/mol. The van der Waals surface area contributed by atoms with Crippen LogP contribution in [0.2, 0.25) is 5.02 Å². The molecule has 0 saturated carbocycles. The van der Waals surface area contributed by atoms with Gasteiger partial charge in [0, 0.05) is 11.0 Å². The molecule has 2 rings (SSSR count). The molecule has 0 radical (unpaired) electrons. The van der Waals surface area contributed by atoms with E-state index in [0.29, 0.717) is 11.7 Å². The van der Waals surface area contributed by atoms with Gasteiger partial charge >= 0.3 is 0 Å². The van der Waals surface area contributed by atoms with Crippen LogP contribution < -0.4 is 0 Å². The topological polar surface area (TPSA) is 20.2 Å². The van der Waals surface area contributed by atoms with Gasteiger partial charge in [0.25, 0.3) is 0 Å². The molecule has 4 heteroatoms. The summed E-state index contributed by atoms with van der Waals surface area (Å²) in [5.74, 6) is 0.333. The summed E-state index contributed by atoms with van der Waals surface area (Å²) in [5, 5.41) is 10.4. The Morgan fingerprint density at radius 2 is 2.27 bits per heavy atom. The van der Waals surface area contributed by atoms with Gasteiger partial charge in [-0.2, -0.15) is 11.8 Å². The predicted octanol–water partition coefficient (Wildman–Crippen LogP) is 3.54. The lowest BCUT2D eigenvalue weighted by molar-refractivity contribution is 0.168. The molecule has 15 heavy (non-hydrogen) atoms. The second kappa shape index (κ2) is 4.32. The summed E-state index contributed by atoms with van der Waals surface area (Å²) in [6, 6.07) is 2.99. The first-order chi connectivity index (χ1) is 7.08. The van der Waals surface area contributed by atoms with Gasteiger partial charge in [0.1, 0.15) is 5.82 Å². The molecule has 0 saturated heterocycles. The minimum Gasteiger partial charge on any atom is -0.388 e. The highest BCUT2D eigenvalue weighted by molar-refractivity contribution is 7.99. The summed E-state index contributed by atoms with van der Waals surface area (Å²) in [6.45, 7) is 2.07. The van der Waals surface area contributed by atoms with E-state index in [2.05, 4.69) is 6.92 Å². The van der Waals surface area contributed by atoms with Crippen LogP contribution in [0.1, 0.15) is 30.6 Å². The SMILES string of the molecule is CC1C[C@H](O)c2cc(Cl)c(F)cc2CS1. The van der Waals surface area contributed by atoms with Crippen molar-refractivity contribution in [1.82, 2.24) is 0 Å². The molecule has 82 valence electrons. The minimum absolute atomic E-state index is 0.0901. The third-order valence-corrected chi connectivity index (χ3v) is 4.15. The molecule has 0 bridgehead atoms. The second-order valence-electron chi connectivity index (χ2n) is 3.84. The van der Waals surface area contributed by atoms with Crippen LogP contribution in [0.15, 0.2) is 12.1 Å². The molecule has 1 aromatic carbocycles. The fraction of sp³-hybridized carbons (Fsp3) is 0.455. The molecule has 0 spiro atoms. The molecule has 0 amide bonds. The Morgan fingerprint density at radius 1 is 1.53 bits per heavy atom. The summed E-state index contributed by atoms with van der Waals surface area (Å²) < 4.78 is 13.2. The van der Waals surface area contributed by atoms with E-state index >= 15 is 0 Å². The Bertz CT molecular complexity index is 383. The van der Waals surface area contributed by atoms with Gasteiger partial charge in [-0.1, -0.05) is 18.5 Å². The summed E-state index contributed by atoms with van der Waals surface area (Å²) in [6.07, 6.45) is 0.169. The van der Waals surface area contributed by atoms with Gasteiger partial charge in [-0.25, -0.2) is 4.39 Å². The van der Waals surface area contributed by atoms with Crippen molar-refractivity contribution in [2.45, 2.75) is 30.5 Å². The van der Waals surface area contributed by atoms with Crippen LogP contribution in [0.3, 0.4) is 0 Å². The molecular formula is C11H12ClFOS. The van der Waals surface area contributed by atoms with Crippen molar-refractivity contribution in [3.8, 4) is 0 Å². The molecule has 1 heterocycles. The summed E-state index contributed by atoms with van der Waals surface area (Å²) in [7, 11) is 0. The number of thioether (sulfide) groups is 1. The number of rotatable bonds is 0. The highest BCUT2D eigenvalue weighted by Gasteiger charge is 2.22. The largest absolute Gasteiger partial charge is 0.388 e. The Balaban J connectivity index is 2.45. The van der Waals surface area contributed by atoms with E-state index in [-0.39, 0.29) is 5.02 Å². The lowest BCUT2D eigenvalue weighted by Crippen LogP contribution is -2.04. The van der Waals surface area contributed by atoms with Crippen LogP contribution in [-0.4, -0.2) is 10.4 Å². The van der Waals surface area contributed by atoms with Gasteiger partial charge in [-0.3, -0.25) is 0 Å². The van der Waals surface area contributed by atoms with Gasteiger partial charge in [0.05, 0.1) is 11.1 Å². The number of aliphatic hydroxyl groups is 1. The Labute approximate surface area is 97.6 Å². The minimum atomic E-state index is -0.525. The average Bonchev–Trinajstić information content (AvgIpc) is 2.30. The fourth-order valence-corrected chi connectivity index (χ4v) is 2.98. The van der Waals surface area contributed by atoms with Gasteiger partial charge in [-0.15, -0.1) is 0 Å². The molecule has 1 N–H and O–H groups in total. The summed E-state index contributed by atoms with van der Waals surface area (Å²) in [5.41, 5.74) is 1.64. The van der Waals surface area contributed by atoms with Gasteiger partial charge in [-0.05, 0) is 29.7 Å². The van der Waals surface area contributed by atoms with E-state index in [0.717, 1.165) is 16.9 Å². The standard InChI is InChI=1S/C11H12ClFOS/c1-6-2-11(14)8-4-9(12)10(13)3-7(8)5-15-6/h3-4,6,11,14H,2,5H2,1H3/t6?,11-/m0/s1. The van der Waals surface area contributed by atoms with Crippen LogP contribution in [0, 0.1) is 5.82 Å². The van der Waals surface area contributed by atoms with E-state index in [1.165, 1.54) is 6.07 Å². The lowest BCUT2D eigenvalue weighted by atomic mass is 10.0. The average molecular weight is 247 g/mol. The van der Waals surface area contributed by atoms with E-state index < -0.39 is 11.9 Å². The van der Waals surface area contributed by atoms with Crippen LogP contribution in [0.25, 0.3) is 0 Å². The molecular weight excluding hydrogens is 235 g/mol. The zero-order valence-electron chi connectivity index (χ0n) is 8.34. The summed E-state index contributed by atoms with van der Waals surface area (Å²) >= 11 is 7.44. The molecule has 1 nitrogen and oxygen atoms in total. The predicted molar refractivity (Wildman–Crippen MR) is 61.7 cm³/mol. The van der Waals surface area contributed by atoms with Crippen LogP contribution in [0.5, 0.6) is 0 Å². The Hall–Kier alpha value is -0.250. The van der Waals surface area contributed by atoms with Crippen molar-refractivity contribution in [3.63, 3.8) is 0 Å². The number of hydrogen-bond donors (Lipinski definition) is 1. The van der Waals surface area contributed by atoms with Crippen LogP contribution in [-0.2, 0) is 5.75 Å². The van der Waals surface area contributed by atoms with Crippen molar-refractivity contribution in [2.75, 3.05) is 0 Å². The Morgan fingerprint density at radius 3 is 3.00 bits per heavy atom. The maximum absolute atomic E-state index is 13.2. The number of fused-ring (bicyclic) bond motifs is 1. The summed E-state index contributed by atoms with van der Waals surface area (Å²) in [4.78, 5) is 0. The highest BCUT2D eigenvalue weighted by Crippen LogP contribution is 2.36. The molecule has 1 unspecified atom stereocenters. The molecule has 0 aliphatic carbocycles. The smallest absolute Gasteiger partial charge is 0.142 e. The molecule has 0 fully saturated rings. The molecule has 1 aliphatic rings. The van der Waals surface area contributed by atoms with Gasteiger partial charge in [0.2, 0.25) is 0 Å². The van der Waals surface area contributed by atoms with Crippen molar-refractivity contribution in [1.29, 1.82) is 0 Å². The first-order valence-corrected chi connectivity index (χ1v) is 6.28. The third kappa shape index (κ3) is 2.30. The number of halogens is 2. The van der Waals surface area contributed by atoms with E-state index in [4.69, 9.17) is 11.6 Å². The molecule has 1 aromatic rings. The zero-order chi connectivity index (χ0) is 11.0. The van der Waals surface area contributed by atoms with E-state index in [9.17, 15) is 9.50 Å². The highest BCUT2D eigenvalue weighted by atomic mass is 35.5. The van der Waals surface area contributed by atoms with Crippen molar-refractivity contribution < 1.29 is 9.50 Å². The van der Waals surface area contributed by atoms with E-state index in [1.807, 2.05) is 0 Å². The zero-order valence-corrected chi connectivity index (χ0v) is 9.91. The fourth-order valence-electron chi connectivity index (χ4n) is 1.78. The normalized spacial score (nSPS) is 25.9. The third-order valence-electron chi connectivity index (χ3n) is 2.62. The maximum atomic E-state index is 13.2. The van der Waals surface area contributed by atoms with Crippen molar-refractivity contribution in [2.24, 2.45) is 0 Å². The quantitative estimate of drug-likeness (QED) is 0.756. The van der Waals surface area contributed by atoms with Crippen molar-refractivity contribution >= 4 is 23.4 Å². The van der Waals surface area contributed by atoms with Crippen molar-refractivity contribution in [3.05, 3.63) is 34.1 Å². The molecule has 2 atom stereocenters. The molecule has 0 aromatic heterocycles. The first kappa shape index (κ1) is 11.2. The number of aliphatic hydroxyl groups excluding tert-OH is 1.